The predicted molar refractivity (Wildman–Crippen MR) is 23.4 cm³/mol. The van der Waals surface area contributed by atoms with Crippen LogP contribution in [0.3, 0.4) is 0 Å². The summed E-state index contributed by atoms with van der Waals surface area (Å²) in [5.41, 5.74) is 0. The lowest BCUT2D eigenvalue weighted by molar-refractivity contribution is 0.676. The Kier molecular flexibility index (Phi) is 4.27. The standard InChI is InChI=1S/CHNOS2/c2-1-4-5-3/h3H. The molecule has 5 heavy (non-hydrogen) atoms. The van der Waals surface area contributed by atoms with E-state index in [1.165, 1.54) is 0 Å². The first kappa shape index (κ1) is 5.15. The van der Waals surface area contributed by atoms with Crippen LogP contribution in [-0.4, -0.2) is 4.55 Å². The highest BCUT2D eigenvalue weighted by Crippen LogP contribution is 2.11. The SMILES string of the molecule is N#CSSO. The third kappa shape index (κ3) is 4.15. The number of rotatable bonds is 1. The number of hydrogen-bond donors (Lipinski definition) is 1. The molecule has 0 bridgehead atoms. The lowest BCUT2D eigenvalue weighted by Crippen LogP contribution is -1.31. The van der Waals surface area contributed by atoms with E-state index in [9.17, 15) is 0 Å². The second-order valence-electron chi connectivity index (χ2n) is 0.249. The molecule has 0 saturated heterocycles. The normalized spacial score (nSPS) is 6.40. The predicted octanol–water partition coefficient (Wildman–Crippen LogP) is 1.32. The molecular formula is CHNOS2. The first-order valence-electron chi connectivity index (χ1n) is 0.777. The van der Waals surface area contributed by atoms with Gasteiger partial charge in [0.15, 0.2) is 0 Å². The van der Waals surface area contributed by atoms with Crippen molar-refractivity contribution in [1.82, 2.24) is 0 Å². The van der Waals surface area contributed by atoms with E-state index in [-0.39, 0.29) is 0 Å². The quantitative estimate of drug-likeness (QED) is 0.312. The summed E-state index contributed by atoms with van der Waals surface area (Å²) < 4.78 is 7.72. The van der Waals surface area contributed by atoms with Gasteiger partial charge in [0.2, 0.25) is 0 Å². The van der Waals surface area contributed by atoms with Gasteiger partial charge in [-0.15, -0.1) is 0 Å². The second kappa shape index (κ2) is 4.15. The van der Waals surface area contributed by atoms with Crippen LogP contribution in [0.15, 0.2) is 0 Å². The van der Waals surface area contributed by atoms with Gasteiger partial charge in [0.05, 0.1) is 21.9 Å². The fourth-order valence-corrected chi connectivity index (χ4v) is 0.150. The maximum absolute atomic E-state index is 7.72. The van der Waals surface area contributed by atoms with Crippen LogP contribution in [0, 0.1) is 10.7 Å². The van der Waals surface area contributed by atoms with Gasteiger partial charge in [-0.25, -0.2) is 0 Å². The number of nitriles is 1. The van der Waals surface area contributed by atoms with E-state index in [1.54, 1.807) is 5.40 Å². The molecule has 0 aliphatic rings. The largest absolute Gasteiger partial charge is 0.320 e. The van der Waals surface area contributed by atoms with Gasteiger partial charge >= 0.3 is 0 Å². The number of thiocyanates is 1. The van der Waals surface area contributed by atoms with E-state index in [2.05, 4.69) is 0 Å². The lowest BCUT2D eigenvalue weighted by Gasteiger charge is -1.64. The molecule has 0 saturated carbocycles. The minimum absolute atomic E-state index is 0.457. The summed E-state index contributed by atoms with van der Waals surface area (Å²) in [7, 11) is 0.741. The van der Waals surface area contributed by atoms with E-state index < -0.39 is 0 Å². The molecule has 4 heteroatoms. The molecule has 28 valence electrons. The van der Waals surface area contributed by atoms with Crippen LogP contribution in [-0.2, 0) is 0 Å². The Morgan fingerprint density at radius 3 is 2.40 bits per heavy atom. The molecule has 0 fully saturated rings. The molecule has 2 nitrogen and oxygen atoms in total. The molecule has 1 N–H and O–H groups in total. The van der Waals surface area contributed by atoms with Crippen LogP contribution in [0.2, 0.25) is 0 Å². The van der Waals surface area contributed by atoms with Crippen molar-refractivity contribution in [3.05, 3.63) is 0 Å². The van der Waals surface area contributed by atoms with Gasteiger partial charge < -0.3 is 4.55 Å². The van der Waals surface area contributed by atoms with E-state index in [1.807, 2.05) is 0 Å². The highest BCUT2D eigenvalue weighted by Gasteiger charge is 1.69. The molecule has 0 amide bonds. The zero-order valence-electron chi connectivity index (χ0n) is 2.21. The summed E-state index contributed by atoms with van der Waals surface area (Å²) in [5, 5.41) is 9.25. The topological polar surface area (TPSA) is 44.0 Å². The third-order valence-corrected chi connectivity index (χ3v) is 0.671. The summed E-state index contributed by atoms with van der Waals surface area (Å²) in [6.45, 7) is 0. The van der Waals surface area contributed by atoms with Gasteiger partial charge in [-0.1, -0.05) is 0 Å². The van der Waals surface area contributed by atoms with Gasteiger partial charge in [0, 0.05) is 0 Å². The van der Waals surface area contributed by atoms with Crippen molar-refractivity contribution in [2.75, 3.05) is 0 Å². The smallest absolute Gasteiger partial charge is 0.147 e. The summed E-state index contributed by atoms with van der Waals surface area (Å²) in [5.74, 6) is 0. The van der Waals surface area contributed by atoms with Gasteiger partial charge in [-0.05, 0) is 0 Å². The van der Waals surface area contributed by atoms with Gasteiger partial charge in [-0.2, -0.15) is 5.26 Å². The Balaban J connectivity index is 2.48. The van der Waals surface area contributed by atoms with Gasteiger partial charge in [0.25, 0.3) is 0 Å². The molecule has 0 unspecified atom stereocenters. The monoisotopic (exact) mass is 107 g/mol. The van der Waals surface area contributed by atoms with Crippen LogP contribution < -0.4 is 0 Å². The average molecular weight is 107 g/mol. The van der Waals surface area contributed by atoms with Crippen molar-refractivity contribution in [2.24, 2.45) is 0 Å². The number of hydrogen-bond acceptors (Lipinski definition) is 4. The molecule has 0 aliphatic carbocycles. The lowest BCUT2D eigenvalue weighted by atomic mass is 11.8. The minimum Gasteiger partial charge on any atom is -0.320 e. The van der Waals surface area contributed by atoms with Crippen molar-refractivity contribution in [3.63, 3.8) is 0 Å². The van der Waals surface area contributed by atoms with Gasteiger partial charge in [0.1, 0.15) is 5.40 Å². The Morgan fingerprint density at radius 2 is 2.40 bits per heavy atom. The Morgan fingerprint density at radius 1 is 1.80 bits per heavy atom. The summed E-state index contributed by atoms with van der Waals surface area (Å²) in [4.78, 5) is 0. The van der Waals surface area contributed by atoms with Crippen molar-refractivity contribution in [3.8, 4) is 5.40 Å². The molecule has 0 aromatic rings. The van der Waals surface area contributed by atoms with Crippen LogP contribution >= 0.6 is 21.9 Å². The highest BCUT2D eigenvalue weighted by molar-refractivity contribution is 8.76. The van der Waals surface area contributed by atoms with E-state index in [0.29, 0.717) is 11.1 Å². The maximum Gasteiger partial charge on any atom is 0.147 e. The van der Waals surface area contributed by atoms with Gasteiger partial charge in [-0.3, -0.25) is 0 Å². The van der Waals surface area contributed by atoms with Crippen molar-refractivity contribution >= 4 is 21.9 Å². The summed E-state index contributed by atoms with van der Waals surface area (Å²) in [6, 6.07) is 0. The van der Waals surface area contributed by atoms with Crippen molar-refractivity contribution < 1.29 is 4.55 Å². The Hall–Kier alpha value is 0.150. The minimum atomic E-state index is 0.457. The fourth-order valence-electron chi connectivity index (χ4n) is 0.0167. The summed E-state index contributed by atoms with van der Waals surface area (Å²) in [6.07, 6.45) is 0. The molecular weight excluding hydrogens is 106 g/mol. The van der Waals surface area contributed by atoms with E-state index >= 15 is 0 Å². The zero-order valence-corrected chi connectivity index (χ0v) is 3.84. The van der Waals surface area contributed by atoms with Crippen LogP contribution in [0.25, 0.3) is 0 Å². The van der Waals surface area contributed by atoms with Crippen LogP contribution in [0.1, 0.15) is 0 Å². The van der Waals surface area contributed by atoms with Crippen molar-refractivity contribution in [2.45, 2.75) is 0 Å². The first-order valence-corrected chi connectivity index (χ1v) is 2.88. The molecule has 0 spiro atoms. The average Bonchev–Trinajstić information content (AvgIpc) is 1.41. The fraction of sp³-hybridized carbons (Fsp3) is 0. The van der Waals surface area contributed by atoms with E-state index in [4.69, 9.17) is 9.81 Å². The maximum atomic E-state index is 7.72. The molecule has 0 rings (SSSR count). The Bertz CT molecular complexity index is 48.1. The first-order chi connectivity index (χ1) is 2.41. The highest BCUT2D eigenvalue weighted by atomic mass is 33.1. The number of nitrogens with zero attached hydrogens (tertiary/aromatic N) is 1. The van der Waals surface area contributed by atoms with Crippen LogP contribution in [0.4, 0.5) is 0 Å². The second-order valence-corrected chi connectivity index (χ2v) is 1.69. The third-order valence-electron chi connectivity index (χ3n) is 0.0745. The molecule has 0 radical (unpaired) electrons. The van der Waals surface area contributed by atoms with Crippen molar-refractivity contribution in [1.29, 1.82) is 5.26 Å². The molecule has 0 heterocycles. The summed E-state index contributed by atoms with van der Waals surface area (Å²) >= 11 is 0.457. The molecule has 0 aliphatic heterocycles. The van der Waals surface area contributed by atoms with Crippen LogP contribution in [0.5, 0.6) is 0 Å². The molecule has 0 atom stereocenters. The zero-order chi connectivity index (χ0) is 4.12. The Labute approximate surface area is 37.8 Å². The molecule has 0 aromatic carbocycles. The van der Waals surface area contributed by atoms with E-state index in [0.717, 1.165) is 10.8 Å². The molecule has 0 aromatic heterocycles.